The van der Waals surface area contributed by atoms with Gasteiger partial charge in [-0.1, -0.05) is 42.5 Å². The molecule has 2 aliphatic carbocycles. The molecule has 1 amide bonds. The zero-order valence-electron chi connectivity index (χ0n) is 34.2. The quantitative estimate of drug-likeness (QED) is 0.0671. The van der Waals surface area contributed by atoms with Crippen LogP contribution in [0.1, 0.15) is 95.2 Å². The van der Waals surface area contributed by atoms with E-state index in [1.165, 1.54) is 25.3 Å². The molecule has 4 N–H and O–H groups in total. The first kappa shape index (κ1) is 45.3. The lowest BCUT2D eigenvalue weighted by Gasteiger charge is -2.44. The van der Waals surface area contributed by atoms with Crippen LogP contribution in [0.4, 0.5) is 4.79 Å². The molecular formula is C42H48NO17P. The fourth-order valence-electron chi connectivity index (χ4n) is 7.85. The number of carbonyl (C=O) groups is 5. The second-order valence-corrected chi connectivity index (χ2v) is 16.6. The summed E-state index contributed by atoms with van der Waals surface area (Å²) in [6, 6.07) is 12.2. The van der Waals surface area contributed by atoms with Gasteiger partial charge in [-0.15, -0.1) is 0 Å². The second-order valence-electron chi connectivity index (χ2n) is 14.6. The van der Waals surface area contributed by atoms with E-state index in [1.54, 1.807) is 45.0 Å². The number of nitrogens with one attached hydrogen (secondary N) is 1. The molecule has 0 saturated carbocycles. The van der Waals surface area contributed by atoms with Gasteiger partial charge in [-0.05, 0) is 32.4 Å². The van der Waals surface area contributed by atoms with Crippen LogP contribution in [0.2, 0.25) is 0 Å². The van der Waals surface area contributed by atoms with E-state index in [2.05, 4.69) is 5.32 Å². The highest BCUT2D eigenvalue weighted by Crippen LogP contribution is 2.53. The van der Waals surface area contributed by atoms with Crippen molar-refractivity contribution in [2.45, 2.75) is 89.8 Å². The first-order valence-corrected chi connectivity index (χ1v) is 21.3. The zero-order chi connectivity index (χ0) is 44.2. The van der Waals surface area contributed by atoms with Crippen molar-refractivity contribution in [3.8, 4) is 17.2 Å². The Bertz CT molecular complexity index is 2220. The third-order valence-electron chi connectivity index (χ3n) is 10.6. The van der Waals surface area contributed by atoms with Gasteiger partial charge in [-0.2, -0.15) is 0 Å². The largest absolute Gasteiger partial charge is 0.507 e. The molecule has 0 spiro atoms. The van der Waals surface area contributed by atoms with Crippen molar-refractivity contribution in [3.63, 3.8) is 0 Å². The minimum Gasteiger partial charge on any atom is -0.507 e. The molecule has 1 aliphatic heterocycles. The van der Waals surface area contributed by atoms with Crippen molar-refractivity contribution in [1.29, 1.82) is 0 Å². The fourth-order valence-corrected chi connectivity index (χ4v) is 9.22. The minimum absolute atomic E-state index is 0.0393. The van der Waals surface area contributed by atoms with Gasteiger partial charge in [-0.25, -0.2) is 4.79 Å². The number of ketones is 3. The number of hydrogen-bond acceptors (Lipinski definition) is 17. The molecule has 3 aliphatic rings. The molecule has 1 saturated heterocycles. The number of fused-ring (bicyclic) bond motifs is 3. The van der Waals surface area contributed by atoms with E-state index in [1.807, 2.05) is 6.07 Å². The minimum atomic E-state index is -3.75. The number of esters is 1. The number of alkyl carbamates (subject to hydrolysis) is 1. The summed E-state index contributed by atoms with van der Waals surface area (Å²) in [5.74, 6) is -4.99. The highest BCUT2D eigenvalue weighted by molar-refractivity contribution is 7.53. The molecule has 0 bridgehead atoms. The van der Waals surface area contributed by atoms with E-state index in [-0.39, 0.29) is 54.2 Å². The Morgan fingerprint density at radius 1 is 0.934 bits per heavy atom. The molecule has 0 radical (unpaired) electrons. The summed E-state index contributed by atoms with van der Waals surface area (Å²) in [5.41, 5.74) is -3.60. The number of rotatable bonds is 16. The monoisotopic (exact) mass is 869 g/mol. The third kappa shape index (κ3) is 9.50. The lowest BCUT2D eigenvalue weighted by Crippen LogP contribution is -2.57. The Kier molecular flexibility index (Phi) is 14.0. The third-order valence-corrected chi connectivity index (χ3v) is 12.4. The van der Waals surface area contributed by atoms with E-state index < -0.39 is 122 Å². The van der Waals surface area contributed by atoms with Crippen molar-refractivity contribution in [1.82, 2.24) is 5.32 Å². The maximum Gasteiger partial charge on any atom is 0.407 e. The van der Waals surface area contributed by atoms with E-state index in [4.69, 9.17) is 37.5 Å². The summed E-state index contributed by atoms with van der Waals surface area (Å²) in [7, 11) is -2.45. The smallest absolute Gasteiger partial charge is 0.407 e. The lowest BCUT2D eigenvalue weighted by molar-refractivity contribution is -0.253. The first-order valence-electron chi connectivity index (χ1n) is 19.6. The molecule has 6 atom stereocenters. The maximum absolute atomic E-state index is 14.1. The van der Waals surface area contributed by atoms with E-state index in [0.29, 0.717) is 5.56 Å². The molecule has 328 valence electrons. The highest BCUT2D eigenvalue weighted by Gasteiger charge is 2.51. The van der Waals surface area contributed by atoms with Gasteiger partial charge >= 0.3 is 19.7 Å². The number of phenolic OH excluding ortho intramolecular Hbond substituents is 2. The highest BCUT2D eigenvalue weighted by atomic mass is 31.2. The van der Waals surface area contributed by atoms with Crippen LogP contribution in [0, 0.1) is 0 Å². The van der Waals surface area contributed by atoms with Crippen LogP contribution in [0.15, 0.2) is 48.5 Å². The number of Topliss-reactive ketones (excluding diaryl/α,β-unsaturated/α-hetero) is 1. The summed E-state index contributed by atoms with van der Waals surface area (Å²) in [6.07, 6.45) is -7.73. The van der Waals surface area contributed by atoms with Crippen LogP contribution in [-0.4, -0.2) is 108 Å². The average Bonchev–Trinajstić information content (AvgIpc) is 3.22. The number of carbonyl (C=O) groups excluding carboxylic acids is 5. The van der Waals surface area contributed by atoms with Crippen LogP contribution in [0.5, 0.6) is 17.2 Å². The van der Waals surface area contributed by atoms with E-state index in [0.717, 1.165) is 6.92 Å². The van der Waals surface area contributed by atoms with Gasteiger partial charge < -0.3 is 58.1 Å². The number of benzene rings is 3. The Hall–Kier alpha value is -5.20. The molecular weight excluding hydrogens is 821 g/mol. The Balaban J connectivity index is 1.37. The Morgan fingerprint density at radius 3 is 2.28 bits per heavy atom. The fraction of sp³-hybridized carbons (Fsp3) is 0.452. The molecule has 18 nitrogen and oxygen atoms in total. The molecule has 3 aromatic rings. The molecule has 1 fully saturated rings. The SMILES string of the molecule is CCOP(=O)(CO[C@H]1[C@@H](NC(=O)OCc2ccccc2)C[C@H](O[C@H]2C[C@](O)(C(=O)COC(C)=O)Cc3c(O)c4c(c(O)c32)C(=O)c2c(OC)cccc2C4=O)O[C@H]1C)OCC. The van der Waals surface area contributed by atoms with E-state index >= 15 is 0 Å². The van der Waals surface area contributed by atoms with Crippen LogP contribution in [-0.2, 0) is 59.9 Å². The van der Waals surface area contributed by atoms with E-state index in [9.17, 15) is 43.9 Å². The van der Waals surface area contributed by atoms with Crippen LogP contribution < -0.4 is 10.1 Å². The molecule has 19 heteroatoms. The first-order chi connectivity index (χ1) is 29.0. The van der Waals surface area contributed by atoms with Gasteiger partial charge in [0.2, 0.25) is 11.6 Å². The molecule has 61 heavy (non-hydrogen) atoms. The van der Waals surface area contributed by atoms with Gasteiger partial charge in [0, 0.05) is 42.9 Å². The predicted octanol–water partition coefficient (Wildman–Crippen LogP) is 4.79. The van der Waals surface area contributed by atoms with Crippen molar-refractivity contribution in [2.24, 2.45) is 0 Å². The van der Waals surface area contributed by atoms with Crippen molar-refractivity contribution in [3.05, 3.63) is 87.5 Å². The Labute approximate surface area is 350 Å². The topological polar surface area (TPSA) is 249 Å². The standard InChI is InChI=1S/C42H48NO17P/c1-6-57-61(52,58-7-2)21-56-40-22(3)59-31(16-27(40)43-41(50)55-19-24-12-9-8-10-13-24)60-29-18-42(51,30(45)20-54-23(4)44)17-26-33(29)39(49)35-34(37(26)47)36(46)25-14-11-15-28(53-5)32(25)38(35)48/h8-15,22,27,29,31,40,47,49,51H,6-7,16-21H2,1-5H3,(H,43,50)/t22-,27-,29-,31-,40+,42-/m0/s1. The number of methoxy groups -OCH3 is 1. The number of ether oxygens (including phenoxy) is 6. The zero-order valence-corrected chi connectivity index (χ0v) is 35.1. The maximum atomic E-state index is 14.1. The van der Waals surface area contributed by atoms with Gasteiger partial charge in [0.25, 0.3) is 0 Å². The van der Waals surface area contributed by atoms with Crippen molar-refractivity contribution >= 4 is 37.0 Å². The molecule has 6 rings (SSSR count). The number of phenols is 2. The second kappa shape index (κ2) is 18.8. The molecule has 0 unspecified atom stereocenters. The van der Waals surface area contributed by atoms with Crippen LogP contribution in [0.25, 0.3) is 0 Å². The van der Waals surface area contributed by atoms with Crippen LogP contribution >= 0.6 is 7.60 Å². The Morgan fingerprint density at radius 2 is 1.62 bits per heavy atom. The molecule has 3 aromatic carbocycles. The number of aromatic hydroxyl groups is 2. The van der Waals surface area contributed by atoms with Crippen molar-refractivity contribution in [2.75, 3.05) is 33.3 Å². The van der Waals surface area contributed by atoms with Gasteiger partial charge in [-0.3, -0.25) is 23.7 Å². The average molecular weight is 870 g/mol. The number of aliphatic hydroxyl groups is 1. The number of hydrogen-bond donors (Lipinski definition) is 4. The summed E-state index contributed by atoms with van der Waals surface area (Å²) >= 11 is 0. The molecule has 1 heterocycles. The summed E-state index contributed by atoms with van der Waals surface area (Å²) < 4.78 is 58.6. The molecule has 0 aromatic heterocycles. The van der Waals surface area contributed by atoms with Crippen LogP contribution in [0.3, 0.4) is 0 Å². The van der Waals surface area contributed by atoms with Gasteiger partial charge in [0.1, 0.15) is 41.9 Å². The summed E-state index contributed by atoms with van der Waals surface area (Å²) in [5, 5.41) is 38.5. The van der Waals surface area contributed by atoms with Gasteiger partial charge in [0.15, 0.2) is 18.7 Å². The summed E-state index contributed by atoms with van der Waals surface area (Å²) in [6.45, 7) is 5.10. The summed E-state index contributed by atoms with van der Waals surface area (Å²) in [4.78, 5) is 66.6. The van der Waals surface area contributed by atoms with Gasteiger partial charge in [0.05, 0.1) is 55.3 Å². The predicted molar refractivity (Wildman–Crippen MR) is 211 cm³/mol. The van der Waals surface area contributed by atoms with Crippen molar-refractivity contribution < 1.29 is 81.3 Å². The number of amides is 1. The lowest BCUT2D eigenvalue weighted by atomic mass is 9.72. The normalized spacial score (nSPS) is 23.3.